The first-order valence-corrected chi connectivity index (χ1v) is 9.21. The Morgan fingerprint density at radius 2 is 1.96 bits per heavy atom. The number of nitrogens with zero attached hydrogens (tertiary/aromatic N) is 1. The van der Waals surface area contributed by atoms with E-state index in [-0.39, 0.29) is 12.0 Å². The molecule has 2 rings (SSSR count). The van der Waals surface area contributed by atoms with Crippen molar-refractivity contribution in [3.05, 3.63) is 29.3 Å². The van der Waals surface area contributed by atoms with E-state index < -0.39 is 10.0 Å². The molecule has 1 heterocycles. The highest BCUT2D eigenvalue weighted by Crippen LogP contribution is 2.20. The third-order valence-electron chi connectivity index (χ3n) is 4.24. The Kier molecular flexibility index (Phi) is 5.64. The molecular weight excluding hydrogens is 316 g/mol. The Morgan fingerprint density at radius 3 is 2.57 bits per heavy atom. The molecule has 0 atom stereocenters. The molecule has 1 aromatic rings. The summed E-state index contributed by atoms with van der Waals surface area (Å²) >= 11 is 0. The molecular formula is C16H24N2O4S. The zero-order chi connectivity index (χ0) is 17.0. The van der Waals surface area contributed by atoms with E-state index in [0.29, 0.717) is 24.5 Å². The van der Waals surface area contributed by atoms with Gasteiger partial charge >= 0.3 is 6.09 Å². The van der Waals surface area contributed by atoms with Crippen LogP contribution in [0.2, 0.25) is 0 Å². The summed E-state index contributed by atoms with van der Waals surface area (Å²) in [5.74, 6) is 0.232. The molecule has 1 aliphatic heterocycles. The summed E-state index contributed by atoms with van der Waals surface area (Å²) in [5, 5.41) is 0. The molecule has 0 bridgehead atoms. The average Bonchev–Trinajstić information content (AvgIpc) is 2.55. The zero-order valence-electron chi connectivity index (χ0n) is 13.8. The first kappa shape index (κ1) is 17.7. The van der Waals surface area contributed by atoms with E-state index in [1.54, 1.807) is 17.9 Å². The van der Waals surface area contributed by atoms with Crippen molar-refractivity contribution >= 4 is 16.1 Å². The zero-order valence-corrected chi connectivity index (χ0v) is 14.6. The topological polar surface area (TPSA) is 75.7 Å². The van der Waals surface area contributed by atoms with Crippen LogP contribution in [0.1, 0.15) is 24.0 Å². The molecule has 1 amide bonds. The van der Waals surface area contributed by atoms with E-state index in [1.165, 1.54) is 7.11 Å². The van der Waals surface area contributed by atoms with Gasteiger partial charge in [-0.15, -0.1) is 0 Å². The van der Waals surface area contributed by atoms with Crippen LogP contribution in [0.4, 0.5) is 4.79 Å². The van der Waals surface area contributed by atoms with Gasteiger partial charge in [-0.25, -0.2) is 17.9 Å². The minimum absolute atomic E-state index is 0.232. The molecule has 128 valence electrons. The highest BCUT2D eigenvalue weighted by atomic mass is 32.2. The Labute approximate surface area is 137 Å². The molecule has 23 heavy (non-hydrogen) atoms. The smallest absolute Gasteiger partial charge is 0.409 e. The minimum Gasteiger partial charge on any atom is -0.453 e. The van der Waals surface area contributed by atoms with Gasteiger partial charge in [0.15, 0.2) is 0 Å². The molecule has 1 aliphatic rings. The number of hydrogen-bond donors (Lipinski definition) is 1. The maximum atomic E-state index is 12.5. The lowest BCUT2D eigenvalue weighted by Crippen LogP contribution is -2.41. The van der Waals surface area contributed by atoms with Crippen molar-refractivity contribution in [2.24, 2.45) is 5.92 Å². The molecule has 0 unspecified atom stereocenters. The van der Waals surface area contributed by atoms with Crippen molar-refractivity contribution < 1.29 is 17.9 Å². The minimum atomic E-state index is -3.50. The molecule has 0 aliphatic carbocycles. The second-order valence-corrected chi connectivity index (χ2v) is 7.76. The molecule has 0 radical (unpaired) electrons. The second kappa shape index (κ2) is 7.31. The fraction of sp³-hybridized carbons (Fsp3) is 0.562. The highest BCUT2D eigenvalue weighted by Gasteiger charge is 2.25. The number of piperidine rings is 1. The van der Waals surface area contributed by atoms with Crippen LogP contribution in [0, 0.1) is 19.8 Å². The van der Waals surface area contributed by atoms with Crippen molar-refractivity contribution in [2.45, 2.75) is 31.6 Å². The predicted molar refractivity (Wildman–Crippen MR) is 87.8 cm³/mol. The summed E-state index contributed by atoms with van der Waals surface area (Å²) in [6.07, 6.45) is 1.22. The fourth-order valence-corrected chi connectivity index (χ4v) is 4.19. The van der Waals surface area contributed by atoms with Gasteiger partial charge in [-0.1, -0.05) is 12.1 Å². The largest absolute Gasteiger partial charge is 0.453 e. The van der Waals surface area contributed by atoms with E-state index in [2.05, 4.69) is 4.72 Å². The normalized spacial score (nSPS) is 16.4. The van der Waals surface area contributed by atoms with Gasteiger partial charge in [0.2, 0.25) is 10.0 Å². The predicted octanol–water partition coefficient (Wildman–Crippen LogP) is 2.06. The molecule has 1 aromatic carbocycles. The molecule has 7 heteroatoms. The number of carbonyl (C=O) groups excluding carboxylic acids is 1. The van der Waals surface area contributed by atoms with Gasteiger partial charge < -0.3 is 9.64 Å². The number of methoxy groups -OCH3 is 1. The Hall–Kier alpha value is -1.60. The molecule has 6 nitrogen and oxygen atoms in total. The van der Waals surface area contributed by atoms with Gasteiger partial charge in [0.25, 0.3) is 0 Å². The van der Waals surface area contributed by atoms with E-state index in [4.69, 9.17) is 4.74 Å². The van der Waals surface area contributed by atoms with E-state index in [1.807, 2.05) is 19.1 Å². The van der Waals surface area contributed by atoms with Crippen molar-refractivity contribution in [3.63, 3.8) is 0 Å². The van der Waals surface area contributed by atoms with E-state index in [9.17, 15) is 13.2 Å². The Balaban J connectivity index is 1.93. The van der Waals surface area contributed by atoms with Gasteiger partial charge in [-0.05, 0) is 49.8 Å². The fourth-order valence-electron chi connectivity index (χ4n) is 2.75. The van der Waals surface area contributed by atoms with Crippen LogP contribution in [-0.2, 0) is 14.8 Å². The molecule has 0 saturated carbocycles. The number of sulfonamides is 1. The van der Waals surface area contributed by atoms with Gasteiger partial charge in [-0.3, -0.25) is 0 Å². The van der Waals surface area contributed by atoms with Gasteiger partial charge in [0, 0.05) is 19.6 Å². The lowest BCUT2D eigenvalue weighted by Gasteiger charge is -2.30. The standard InChI is InChI=1S/C16H24N2O4S/c1-12-4-5-13(2)15(10-12)23(20,21)17-11-14-6-8-18(9-7-14)16(19)22-3/h4-5,10,14,17H,6-9,11H2,1-3H3. The molecule has 0 spiro atoms. The second-order valence-electron chi connectivity index (χ2n) is 6.02. The average molecular weight is 340 g/mol. The van der Waals surface area contributed by atoms with Crippen molar-refractivity contribution in [2.75, 3.05) is 26.7 Å². The van der Waals surface area contributed by atoms with Crippen LogP contribution in [0.25, 0.3) is 0 Å². The van der Waals surface area contributed by atoms with Crippen LogP contribution in [0.3, 0.4) is 0 Å². The number of ether oxygens (including phenoxy) is 1. The number of aryl methyl sites for hydroxylation is 2. The summed E-state index contributed by atoms with van der Waals surface area (Å²) < 4.78 is 32.3. The number of carbonyl (C=O) groups is 1. The molecule has 0 aromatic heterocycles. The number of amides is 1. The van der Waals surface area contributed by atoms with Crippen LogP contribution in [0.5, 0.6) is 0 Å². The van der Waals surface area contributed by atoms with Crippen LogP contribution < -0.4 is 4.72 Å². The number of benzene rings is 1. The number of nitrogens with one attached hydrogen (secondary N) is 1. The van der Waals surface area contributed by atoms with Gasteiger partial charge in [0.1, 0.15) is 0 Å². The summed E-state index contributed by atoms with van der Waals surface area (Å²) in [6, 6.07) is 5.41. The van der Waals surface area contributed by atoms with Crippen LogP contribution in [0.15, 0.2) is 23.1 Å². The number of rotatable bonds is 4. The highest BCUT2D eigenvalue weighted by molar-refractivity contribution is 7.89. The van der Waals surface area contributed by atoms with Crippen molar-refractivity contribution in [1.82, 2.24) is 9.62 Å². The first-order chi connectivity index (χ1) is 10.8. The Morgan fingerprint density at radius 1 is 1.30 bits per heavy atom. The lowest BCUT2D eigenvalue weighted by atomic mass is 9.97. The molecule has 1 N–H and O–H groups in total. The quantitative estimate of drug-likeness (QED) is 0.910. The molecule has 1 fully saturated rings. The molecule has 1 saturated heterocycles. The van der Waals surface area contributed by atoms with Crippen LogP contribution in [-0.4, -0.2) is 46.2 Å². The summed E-state index contributed by atoms with van der Waals surface area (Å²) in [5.41, 5.74) is 1.66. The van der Waals surface area contributed by atoms with Crippen molar-refractivity contribution in [3.8, 4) is 0 Å². The maximum absolute atomic E-state index is 12.5. The third kappa shape index (κ3) is 4.45. The summed E-state index contributed by atoms with van der Waals surface area (Å²) in [4.78, 5) is 13.4. The van der Waals surface area contributed by atoms with Gasteiger partial charge in [0.05, 0.1) is 12.0 Å². The first-order valence-electron chi connectivity index (χ1n) is 7.73. The number of hydrogen-bond acceptors (Lipinski definition) is 4. The monoisotopic (exact) mass is 340 g/mol. The SMILES string of the molecule is COC(=O)N1CCC(CNS(=O)(=O)c2cc(C)ccc2C)CC1. The van der Waals surface area contributed by atoms with Gasteiger partial charge in [-0.2, -0.15) is 0 Å². The van der Waals surface area contributed by atoms with E-state index >= 15 is 0 Å². The Bertz CT molecular complexity index is 665. The van der Waals surface area contributed by atoms with E-state index in [0.717, 1.165) is 24.0 Å². The third-order valence-corrected chi connectivity index (χ3v) is 5.81. The summed E-state index contributed by atoms with van der Waals surface area (Å²) in [6.45, 7) is 5.26. The van der Waals surface area contributed by atoms with Crippen molar-refractivity contribution in [1.29, 1.82) is 0 Å². The maximum Gasteiger partial charge on any atom is 0.409 e. The van der Waals surface area contributed by atoms with Crippen LogP contribution >= 0.6 is 0 Å². The lowest BCUT2D eigenvalue weighted by molar-refractivity contribution is 0.106. The summed E-state index contributed by atoms with van der Waals surface area (Å²) in [7, 11) is -2.13. The number of likely N-dealkylation sites (tertiary alicyclic amines) is 1.